The van der Waals surface area contributed by atoms with Crippen LogP contribution in [0.5, 0.6) is 0 Å². The molecule has 2 aliphatic rings. The minimum absolute atomic E-state index is 0.0745. The molecule has 2 aromatic rings. The minimum Gasteiger partial charge on any atom is -0.352 e. The maximum atomic E-state index is 12.4. The van der Waals surface area contributed by atoms with E-state index in [0.717, 1.165) is 31.7 Å². The zero-order chi connectivity index (χ0) is 16.4. The van der Waals surface area contributed by atoms with Crippen molar-refractivity contribution < 1.29 is 4.79 Å². The van der Waals surface area contributed by atoms with Crippen molar-refractivity contribution in [1.82, 2.24) is 35.5 Å². The van der Waals surface area contributed by atoms with E-state index >= 15 is 0 Å². The first-order chi connectivity index (χ1) is 11.8. The molecule has 1 saturated carbocycles. The molecule has 4 rings (SSSR count). The molecule has 1 aliphatic carbocycles. The van der Waals surface area contributed by atoms with Gasteiger partial charge in [0.2, 0.25) is 0 Å². The molecule has 0 aromatic carbocycles. The summed E-state index contributed by atoms with van der Waals surface area (Å²) in [5.41, 5.74) is 0.629. The number of amides is 2. The molecule has 1 aliphatic heterocycles. The van der Waals surface area contributed by atoms with Crippen molar-refractivity contribution >= 4 is 17.5 Å². The molecule has 0 atom stereocenters. The number of urea groups is 1. The number of rotatable bonds is 2. The van der Waals surface area contributed by atoms with Gasteiger partial charge >= 0.3 is 6.03 Å². The fourth-order valence-corrected chi connectivity index (χ4v) is 3.46. The van der Waals surface area contributed by atoms with Gasteiger partial charge in [-0.25, -0.2) is 4.79 Å². The van der Waals surface area contributed by atoms with Gasteiger partial charge in [0.1, 0.15) is 0 Å². The number of carbonyl (C=O) groups is 1. The molecule has 0 radical (unpaired) electrons. The number of nitrogens with one attached hydrogen (secondary N) is 1. The monoisotopic (exact) mass is 330 g/mol. The van der Waals surface area contributed by atoms with Crippen LogP contribution in [0.1, 0.15) is 32.1 Å². The highest BCUT2D eigenvalue weighted by Crippen LogP contribution is 2.18. The molecule has 2 fully saturated rings. The van der Waals surface area contributed by atoms with Gasteiger partial charge in [0.25, 0.3) is 0 Å². The predicted molar refractivity (Wildman–Crippen MR) is 87.8 cm³/mol. The fourth-order valence-electron chi connectivity index (χ4n) is 3.46. The normalized spacial score (nSPS) is 19.7. The summed E-state index contributed by atoms with van der Waals surface area (Å²) in [5, 5.41) is 18.9. The van der Waals surface area contributed by atoms with E-state index in [-0.39, 0.29) is 6.03 Å². The SMILES string of the molecule is O=C(NC1CCCCC1)N1CCN(c2ccc3nnnn3n2)CC1. The van der Waals surface area contributed by atoms with Crippen molar-refractivity contribution in [3.05, 3.63) is 12.1 Å². The molecule has 9 heteroatoms. The number of tetrazole rings is 1. The van der Waals surface area contributed by atoms with Gasteiger partial charge in [-0.3, -0.25) is 0 Å². The highest BCUT2D eigenvalue weighted by atomic mass is 16.2. The maximum Gasteiger partial charge on any atom is 0.317 e. The Hall–Kier alpha value is -2.45. The first-order valence-electron chi connectivity index (χ1n) is 8.65. The first kappa shape index (κ1) is 15.1. The van der Waals surface area contributed by atoms with E-state index in [9.17, 15) is 4.79 Å². The van der Waals surface area contributed by atoms with Gasteiger partial charge in [-0.1, -0.05) is 19.3 Å². The minimum atomic E-state index is 0.0745. The second kappa shape index (κ2) is 6.58. The van der Waals surface area contributed by atoms with Gasteiger partial charge in [-0.15, -0.1) is 14.8 Å². The van der Waals surface area contributed by atoms with Crippen LogP contribution < -0.4 is 10.2 Å². The maximum absolute atomic E-state index is 12.4. The second-order valence-corrected chi connectivity index (χ2v) is 6.48. The first-order valence-corrected chi connectivity index (χ1v) is 8.65. The van der Waals surface area contributed by atoms with Gasteiger partial charge < -0.3 is 15.1 Å². The van der Waals surface area contributed by atoms with Crippen molar-refractivity contribution in [2.75, 3.05) is 31.1 Å². The zero-order valence-electron chi connectivity index (χ0n) is 13.6. The molecule has 9 nitrogen and oxygen atoms in total. The lowest BCUT2D eigenvalue weighted by atomic mass is 9.96. The van der Waals surface area contributed by atoms with Crippen LogP contribution in [0, 0.1) is 0 Å². The van der Waals surface area contributed by atoms with Crippen LogP contribution in [-0.4, -0.2) is 68.4 Å². The standard InChI is InChI=1S/C15H22N8O/c24-15(16-12-4-2-1-3-5-12)22-10-8-21(9-11-22)14-7-6-13-17-19-20-23(13)18-14/h6-7,12H,1-5,8-11H2,(H,16,24). The Bertz CT molecular complexity index is 702. The molecular weight excluding hydrogens is 308 g/mol. The van der Waals surface area contributed by atoms with E-state index in [4.69, 9.17) is 0 Å². The molecule has 1 N–H and O–H groups in total. The Labute approximate surface area is 140 Å². The number of carbonyl (C=O) groups excluding carboxylic acids is 1. The summed E-state index contributed by atoms with van der Waals surface area (Å²) in [4.78, 5) is 16.5. The third-order valence-electron chi connectivity index (χ3n) is 4.88. The molecule has 2 aromatic heterocycles. The quantitative estimate of drug-likeness (QED) is 0.871. The summed E-state index contributed by atoms with van der Waals surface area (Å²) in [6.45, 7) is 2.93. The van der Waals surface area contributed by atoms with Crippen LogP contribution in [0.3, 0.4) is 0 Å². The van der Waals surface area contributed by atoms with Crippen molar-refractivity contribution in [3.63, 3.8) is 0 Å². The Morgan fingerprint density at radius 3 is 2.67 bits per heavy atom. The van der Waals surface area contributed by atoms with Crippen LogP contribution in [0.15, 0.2) is 12.1 Å². The summed E-state index contributed by atoms with van der Waals surface area (Å²) >= 11 is 0. The van der Waals surface area contributed by atoms with Crippen molar-refractivity contribution in [3.8, 4) is 0 Å². The Balaban J connectivity index is 1.33. The van der Waals surface area contributed by atoms with Gasteiger partial charge in [-0.2, -0.15) is 0 Å². The van der Waals surface area contributed by atoms with E-state index in [1.54, 1.807) is 0 Å². The van der Waals surface area contributed by atoms with Gasteiger partial charge in [0.05, 0.1) is 0 Å². The molecule has 2 amide bonds. The number of nitrogens with zero attached hydrogens (tertiary/aromatic N) is 7. The van der Waals surface area contributed by atoms with E-state index in [0.29, 0.717) is 24.8 Å². The lowest BCUT2D eigenvalue weighted by Gasteiger charge is -2.36. The van der Waals surface area contributed by atoms with Gasteiger partial charge in [0, 0.05) is 32.2 Å². The molecular formula is C15H22N8O. The Morgan fingerprint density at radius 2 is 1.88 bits per heavy atom. The second-order valence-electron chi connectivity index (χ2n) is 6.48. The lowest BCUT2D eigenvalue weighted by Crippen LogP contribution is -2.53. The van der Waals surface area contributed by atoms with Crippen LogP contribution in [0.25, 0.3) is 5.65 Å². The average molecular weight is 330 g/mol. The third kappa shape index (κ3) is 3.10. The Kier molecular flexibility index (Phi) is 4.14. The summed E-state index contributed by atoms with van der Waals surface area (Å²) < 4.78 is 1.43. The van der Waals surface area contributed by atoms with Gasteiger partial charge in [-0.05, 0) is 35.4 Å². The highest BCUT2D eigenvalue weighted by molar-refractivity contribution is 5.74. The highest BCUT2D eigenvalue weighted by Gasteiger charge is 2.24. The smallest absolute Gasteiger partial charge is 0.317 e. The molecule has 1 saturated heterocycles. The Morgan fingerprint density at radius 1 is 1.08 bits per heavy atom. The van der Waals surface area contributed by atoms with E-state index in [1.807, 2.05) is 17.0 Å². The van der Waals surface area contributed by atoms with E-state index < -0.39 is 0 Å². The molecule has 0 unspecified atom stereocenters. The summed E-state index contributed by atoms with van der Waals surface area (Å²) in [5.74, 6) is 0.835. The fraction of sp³-hybridized carbons (Fsp3) is 0.667. The number of fused-ring (bicyclic) bond motifs is 1. The van der Waals surface area contributed by atoms with E-state index in [2.05, 4.69) is 30.8 Å². The number of hydrogen-bond acceptors (Lipinski definition) is 6. The van der Waals surface area contributed by atoms with E-state index in [1.165, 1.54) is 23.9 Å². The van der Waals surface area contributed by atoms with Gasteiger partial charge in [0.15, 0.2) is 11.5 Å². The lowest BCUT2D eigenvalue weighted by molar-refractivity contribution is 0.186. The molecule has 3 heterocycles. The number of hydrogen-bond donors (Lipinski definition) is 1. The largest absolute Gasteiger partial charge is 0.352 e. The number of aromatic nitrogens is 5. The molecule has 0 spiro atoms. The number of piperazine rings is 1. The average Bonchev–Trinajstić information content (AvgIpc) is 3.10. The number of anilines is 1. The molecule has 0 bridgehead atoms. The molecule has 24 heavy (non-hydrogen) atoms. The van der Waals surface area contributed by atoms with Crippen LogP contribution in [0.4, 0.5) is 10.6 Å². The van der Waals surface area contributed by atoms with Crippen molar-refractivity contribution in [2.24, 2.45) is 0 Å². The third-order valence-corrected chi connectivity index (χ3v) is 4.88. The summed E-state index contributed by atoms with van der Waals surface area (Å²) in [7, 11) is 0. The van der Waals surface area contributed by atoms with Crippen LogP contribution >= 0.6 is 0 Å². The van der Waals surface area contributed by atoms with Crippen LogP contribution in [0.2, 0.25) is 0 Å². The van der Waals surface area contributed by atoms with Crippen molar-refractivity contribution in [1.29, 1.82) is 0 Å². The zero-order valence-corrected chi connectivity index (χ0v) is 13.6. The summed E-state index contributed by atoms with van der Waals surface area (Å²) in [6.07, 6.45) is 5.97. The predicted octanol–water partition coefficient (Wildman–Crippen LogP) is 0.684. The molecule has 128 valence electrons. The van der Waals surface area contributed by atoms with Crippen LogP contribution in [-0.2, 0) is 0 Å². The topological polar surface area (TPSA) is 91.5 Å². The van der Waals surface area contributed by atoms with Crippen molar-refractivity contribution in [2.45, 2.75) is 38.1 Å². The summed E-state index contributed by atoms with van der Waals surface area (Å²) in [6, 6.07) is 4.20.